The molecule has 0 bridgehead atoms. The van der Waals surface area contributed by atoms with Crippen molar-refractivity contribution in [3.8, 4) is 5.75 Å². The lowest BCUT2D eigenvalue weighted by Crippen LogP contribution is -2.56. The Balaban J connectivity index is 1.27. The van der Waals surface area contributed by atoms with Gasteiger partial charge in [0, 0.05) is 25.3 Å². The minimum atomic E-state index is -0.433. The van der Waals surface area contributed by atoms with Gasteiger partial charge in [0.25, 0.3) is 0 Å². The summed E-state index contributed by atoms with van der Waals surface area (Å²) in [4.78, 5) is 17.4. The molecule has 2 heterocycles. The summed E-state index contributed by atoms with van der Waals surface area (Å²) >= 11 is 0. The van der Waals surface area contributed by atoms with Gasteiger partial charge in [-0.15, -0.1) is 0 Å². The fourth-order valence-electron chi connectivity index (χ4n) is 4.80. The number of rotatable bonds is 8. The van der Waals surface area contributed by atoms with Crippen LogP contribution >= 0.6 is 0 Å². The van der Waals surface area contributed by atoms with Gasteiger partial charge in [-0.3, -0.25) is 4.79 Å². The first kappa shape index (κ1) is 21.6. The number of benzene rings is 2. The van der Waals surface area contributed by atoms with Crippen LogP contribution in [0.25, 0.3) is 0 Å². The van der Waals surface area contributed by atoms with Crippen LogP contribution in [0, 0.1) is 5.82 Å². The predicted molar refractivity (Wildman–Crippen MR) is 121 cm³/mol. The molecule has 4 rings (SSSR count). The summed E-state index contributed by atoms with van der Waals surface area (Å²) in [6, 6.07) is 15.0. The maximum absolute atomic E-state index is 13.5. The van der Waals surface area contributed by atoms with Crippen LogP contribution in [0.2, 0.25) is 0 Å². The summed E-state index contributed by atoms with van der Waals surface area (Å²) in [5.41, 5.74) is 1.61. The van der Waals surface area contributed by atoms with Crippen LogP contribution in [0.3, 0.4) is 0 Å². The van der Waals surface area contributed by atoms with Crippen LogP contribution in [-0.2, 0) is 11.2 Å². The summed E-state index contributed by atoms with van der Waals surface area (Å²) in [6.45, 7) is 6.01. The van der Waals surface area contributed by atoms with Gasteiger partial charge in [-0.05, 0) is 61.6 Å². The van der Waals surface area contributed by atoms with Crippen molar-refractivity contribution in [1.82, 2.24) is 10.2 Å². The first-order chi connectivity index (χ1) is 15.1. The van der Waals surface area contributed by atoms with Crippen LogP contribution in [0.5, 0.6) is 5.75 Å². The zero-order valence-corrected chi connectivity index (χ0v) is 18.3. The highest BCUT2D eigenvalue weighted by atomic mass is 19.1. The number of hydrogen-bond donors (Lipinski definition) is 1. The number of amides is 1. The van der Waals surface area contributed by atoms with E-state index in [1.165, 1.54) is 6.07 Å². The van der Waals surface area contributed by atoms with Crippen LogP contribution in [-0.4, -0.2) is 49.3 Å². The molecule has 0 unspecified atom stereocenters. The molecule has 0 saturated carbocycles. The lowest BCUT2D eigenvalue weighted by molar-refractivity contribution is -0.125. The smallest absolute Gasteiger partial charge is 0.247 e. The number of nitrogens with zero attached hydrogens (tertiary/aromatic N) is 2. The monoisotopic (exact) mass is 425 g/mol. The lowest BCUT2D eigenvalue weighted by Gasteiger charge is -2.43. The molecule has 2 saturated heterocycles. The van der Waals surface area contributed by atoms with Gasteiger partial charge in [-0.25, -0.2) is 4.39 Å². The molecule has 2 aliphatic rings. The molecule has 6 heteroatoms. The highest BCUT2D eigenvalue weighted by molar-refractivity contribution is 5.93. The van der Waals surface area contributed by atoms with E-state index in [1.807, 2.05) is 18.2 Å². The SMILES string of the molecule is CCCc1cc(F)ccc1OCCCN1CCC2(CC1)C(=O)NCN2c1ccccc1. The Hall–Kier alpha value is -2.60. The minimum Gasteiger partial charge on any atom is -0.493 e. The van der Waals surface area contributed by atoms with Gasteiger partial charge >= 0.3 is 0 Å². The van der Waals surface area contributed by atoms with Crippen molar-refractivity contribution in [3.05, 3.63) is 59.9 Å². The second-order valence-corrected chi connectivity index (χ2v) is 8.50. The highest BCUT2D eigenvalue weighted by Gasteiger charge is 2.50. The fourth-order valence-corrected chi connectivity index (χ4v) is 4.80. The molecule has 1 N–H and O–H groups in total. The van der Waals surface area contributed by atoms with E-state index in [0.717, 1.165) is 68.7 Å². The van der Waals surface area contributed by atoms with E-state index in [2.05, 4.69) is 34.2 Å². The summed E-state index contributed by atoms with van der Waals surface area (Å²) in [5, 5.41) is 3.06. The Morgan fingerprint density at radius 1 is 1.13 bits per heavy atom. The largest absolute Gasteiger partial charge is 0.493 e. The van der Waals surface area contributed by atoms with E-state index in [9.17, 15) is 9.18 Å². The number of hydrogen-bond acceptors (Lipinski definition) is 4. The van der Waals surface area contributed by atoms with E-state index in [0.29, 0.717) is 13.3 Å². The van der Waals surface area contributed by atoms with Gasteiger partial charge in [-0.1, -0.05) is 31.5 Å². The third kappa shape index (κ3) is 4.69. The Kier molecular flexibility index (Phi) is 6.76. The molecule has 0 atom stereocenters. The maximum Gasteiger partial charge on any atom is 0.247 e. The first-order valence-electron chi connectivity index (χ1n) is 11.4. The molecule has 0 aliphatic carbocycles. The normalized spacial score (nSPS) is 18.4. The molecule has 2 fully saturated rings. The summed E-state index contributed by atoms with van der Waals surface area (Å²) in [7, 11) is 0. The number of aryl methyl sites for hydroxylation is 1. The van der Waals surface area contributed by atoms with E-state index < -0.39 is 5.54 Å². The van der Waals surface area contributed by atoms with Gasteiger partial charge in [0.1, 0.15) is 17.1 Å². The Morgan fingerprint density at radius 3 is 2.65 bits per heavy atom. The Morgan fingerprint density at radius 2 is 1.90 bits per heavy atom. The average Bonchev–Trinajstić information content (AvgIpc) is 3.10. The van der Waals surface area contributed by atoms with Crippen LogP contribution < -0.4 is 15.0 Å². The van der Waals surface area contributed by atoms with E-state index in [1.54, 1.807) is 12.1 Å². The molecule has 31 heavy (non-hydrogen) atoms. The molecule has 2 aromatic carbocycles. The zero-order chi connectivity index (χ0) is 21.7. The van der Waals surface area contributed by atoms with Crippen molar-refractivity contribution >= 4 is 11.6 Å². The highest BCUT2D eigenvalue weighted by Crippen LogP contribution is 2.36. The van der Waals surface area contributed by atoms with Crippen LogP contribution in [0.4, 0.5) is 10.1 Å². The standard InChI is InChI=1S/C25H32FN3O2/c1-2-7-20-18-21(26)10-11-23(20)31-17-6-14-28-15-12-25(13-16-28)24(30)27-19-29(25)22-8-4-3-5-9-22/h3-5,8-11,18H,2,6-7,12-17,19H2,1H3,(H,27,30). The number of halogens is 1. The minimum absolute atomic E-state index is 0.152. The van der Waals surface area contributed by atoms with Crippen molar-refractivity contribution in [3.63, 3.8) is 0 Å². The molecular formula is C25H32FN3O2. The number of carbonyl (C=O) groups excluding carboxylic acids is 1. The third-order valence-corrected chi connectivity index (χ3v) is 6.51. The Labute approximate surface area is 184 Å². The molecule has 2 aromatic rings. The van der Waals surface area contributed by atoms with E-state index >= 15 is 0 Å². The Bertz CT molecular complexity index is 882. The van der Waals surface area contributed by atoms with Crippen molar-refractivity contribution in [2.45, 2.75) is 44.6 Å². The van der Waals surface area contributed by atoms with E-state index in [4.69, 9.17) is 4.74 Å². The zero-order valence-electron chi connectivity index (χ0n) is 18.3. The molecule has 2 aliphatic heterocycles. The van der Waals surface area contributed by atoms with Crippen molar-refractivity contribution in [1.29, 1.82) is 0 Å². The molecule has 0 aromatic heterocycles. The molecule has 1 amide bonds. The van der Waals surface area contributed by atoms with Gasteiger partial charge in [-0.2, -0.15) is 0 Å². The number of carbonyl (C=O) groups is 1. The van der Waals surface area contributed by atoms with Gasteiger partial charge in [0.15, 0.2) is 0 Å². The quantitative estimate of drug-likeness (QED) is 0.650. The number of para-hydroxylation sites is 1. The van der Waals surface area contributed by atoms with Gasteiger partial charge < -0.3 is 19.9 Å². The number of ether oxygens (including phenoxy) is 1. The van der Waals surface area contributed by atoms with Crippen molar-refractivity contribution < 1.29 is 13.9 Å². The molecule has 166 valence electrons. The average molecular weight is 426 g/mol. The van der Waals surface area contributed by atoms with Gasteiger partial charge in [0.2, 0.25) is 5.91 Å². The van der Waals surface area contributed by atoms with E-state index in [-0.39, 0.29) is 11.7 Å². The summed E-state index contributed by atoms with van der Waals surface area (Å²) < 4.78 is 19.5. The number of piperidine rings is 1. The predicted octanol–water partition coefficient (Wildman–Crippen LogP) is 3.98. The topological polar surface area (TPSA) is 44.8 Å². The lowest BCUT2D eigenvalue weighted by atomic mass is 9.85. The number of likely N-dealkylation sites (tertiary alicyclic amines) is 1. The first-order valence-corrected chi connectivity index (χ1v) is 11.4. The summed E-state index contributed by atoms with van der Waals surface area (Å²) in [5.74, 6) is 0.736. The molecule has 1 spiro atoms. The summed E-state index contributed by atoms with van der Waals surface area (Å²) in [6.07, 6.45) is 4.34. The molecular weight excluding hydrogens is 393 g/mol. The van der Waals surface area contributed by atoms with Crippen molar-refractivity contribution in [2.75, 3.05) is 37.8 Å². The van der Waals surface area contributed by atoms with Crippen LogP contribution in [0.15, 0.2) is 48.5 Å². The second kappa shape index (κ2) is 9.69. The molecule has 5 nitrogen and oxygen atoms in total. The second-order valence-electron chi connectivity index (χ2n) is 8.50. The number of anilines is 1. The maximum atomic E-state index is 13.5. The van der Waals surface area contributed by atoms with Crippen LogP contribution in [0.1, 0.15) is 38.2 Å². The molecule has 0 radical (unpaired) electrons. The third-order valence-electron chi connectivity index (χ3n) is 6.51. The van der Waals surface area contributed by atoms with Crippen molar-refractivity contribution in [2.24, 2.45) is 0 Å². The fraction of sp³-hybridized carbons (Fsp3) is 0.480. The number of nitrogens with one attached hydrogen (secondary N) is 1. The van der Waals surface area contributed by atoms with Gasteiger partial charge in [0.05, 0.1) is 13.3 Å².